The predicted octanol–water partition coefficient (Wildman–Crippen LogP) is 3.56. The lowest BCUT2D eigenvalue weighted by Crippen LogP contribution is -2.35. The Bertz CT molecular complexity index is 706. The summed E-state index contributed by atoms with van der Waals surface area (Å²) in [6.45, 7) is 1.33. The number of Topliss-reactive ketones (excluding diaryl/α,β-unsaturated/α-hetero) is 1. The van der Waals surface area contributed by atoms with Crippen molar-refractivity contribution >= 4 is 5.78 Å². The maximum atomic E-state index is 13.3. The molecule has 21 heavy (non-hydrogen) atoms. The first-order valence-electron chi connectivity index (χ1n) is 6.41. The zero-order valence-electron chi connectivity index (χ0n) is 11.4. The van der Waals surface area contributed by atoms with E-state index in [4.69, 9.17) is 0 Å². The molecule has 1 unspecified atom stereocenters. The van der Waals surface area contributed by atoms with Gasteiger partial charge in [0, 0.05) is 6.42 Å². The summed E-state index contributed by atoms with van der Waals surface area (Å²) in [6.07, 6.45) is 0.0000463. The first-order chi connectivity index (χ1) is 9.99. The summed E-state index contributed by atoms with van der Waals surface area (Å²) in [5, 5.41) is 9.55. The van der Waals surface area contributed by atoms with Crippen molar-refractivity contribution in [2.24, 2.45) is 0 Å². The molecule has 0 aliphatic carbocycles. The van der Waals surface area contributed by atoms with Crippen molar-refractivity contribution in [2.45, 2.75) is 18.8 Å². The highest BCUT2D eigenvalue weighted by Crippen LogP contribution is 2.29. The molecule has 2 aromatic carbocycles. The molecule has 0 saturated heterocycles. The summed E-state index contributed by atoms with van der Waals surface area (Å²) >= 11 is 0. The fourth-order valence-electron chi connectivity index (χ4n) is 2.29. The minimum atomic E-state index is -1.40. The van der Waals surface area contributed by atoms with Gasteiger partial charge in [0.2, 0.25) is 0 Å². The monoisotopic (exact) mass is 285 g/mol. The van der Waals surface area contributed by atoms with Gasteiger partial charge < -0.3 is 0 Å². The van der Waals surface area contributed by atoms with Crippen LogP contribution in [-0.4, -0.2) is 5.78 Å². The lowest BCUT2D eigenvalue weighted by atomic mass is 9.74. The number of hydrogen-bond acceptors (Lipinski definition) is 2. The third kappa shape index (κ3) is 2.82. The van der Waals surface area contributed by atoms with Gasteiger partial charge in [-0.1, -0.05) is 36.4 Å². The van der Waals surface area contributed by atoms with Gasteiger partial charge in [-0.15, -0.1) is 0 Å². The van der Waals surface area contributed by atoms with E-state index in [1.807, 2.05) is 6.07 Å². The maximum absolute atomic E-state index is 13.3. The second kappa shape index (κ2) is 5.84. The summed E-state index contributed by atoms with van der Waals surface area (Å²) in [7, 11) is 0. The zero-order valence-corrected chi connectivity index (χ0v) is 11.4. The smallest absolute Gasteiger partial charge is 0.159 e. The van der Waals surface area contributed by atoms with Crippen LogP contribution in [0.5, 0.6) is 0 Å². The zero-order chi connectivity index (χ0) is 15.5. The van der Waals surface area contributed by atoms with E-state index in [9.17, 15) is 18.8 Å². The maximum Gasteiger partial charge on any atom is 0.159 e. The Morgan fingerprint density at radius 2 is 1.81 bits per heavy atom. The number of nitrogens with zero attached hydrogens (tertiary/aromatic N) is 1. The van der Waals surface area contributed by atoms with E-state index in [0.29, 0.717) is 11.1 Å². The third-order valence-corrected chi connectivity index (χ3v) is 3.51. The van der Waals surface area contributed by atoms with E-state index in [0.717, 1.165) is 12.1 Å². The molecule has 0 bridgehead atoms. The highest BCUT2D eigenvalue weighted by molar-refractivity contribution is 5.91. The average molecular weight is 285 g/mol. The van der Waals surface area contributed by atoms with Crippen LogP contribution in [0.1, 0.15) is 18.1 Å². The SMILES string of the molecule is CC(=O)C(C#N)(Cc1ccc(F)c(F)c1)c1ccccc1. The molecule has 106 valence electrons. The van der Waals surface area contributed by atoms with Crippen molar-refractivity contribution in [1.82, 2.24) is 0 Å². The number of hydrogen-bond donors (Lipinski definition) is 0. The van der Waals surface area contributed by atoms with Gasteiger partial charge >= 0.3 is 0 Å². The van der Waals surface area contributed by atoms with Crippen molar-refractivity contribution in [3.05, 3.63) is 71.3 Å². The van der Waals surface area contributed by atoms with Gasteiger partial charge in [0.05, 0.1) is 6.07 Å². The molecule has 2 rings (SSSR count). The van der Waals surface area contributed by atoms with Gasteiger partial charge in [-0.05, 0) is 30.2 Å². The van der Waals surface area contributed by atoms with E-state index in [1.54, 1.807) is 30.3 Å². The van der Waals surface area contributed by atoms with E-state index in [1.165, 1.54) is 13.0 Å². The molecule has 0 aliphatic rings. The molecule has 0 N–H and O–H groups in total. The lowest BCUT2D eigenvalue weighted by molar-refractivity contribution is -0.120. The normalized spacial score (nSPS) is 13.2. The van der Waals surface area contributed by atoms with Crippen molar-refractivity contribution in [3.8, 4) is 6.07 Å². The summed E-state index contributed by atoms with van der Waals surface area (Å²) in [5.41, 5.74) is -0.454. The Morgan fingerprint density at radius 3 is 2.33 bits per heavy atom. The van der Waals surface area contributed by atoms with E-state index >= 15 is 0 Å². The highest BCUT2D eigenvalue weighted by Gasteiger charge is 2.37. The Morgan fingerprint density at radius 1 is 1.14 bits per heavy atom. The highest BCUT2D eigenvalue weighted by atomic mass is 19.2. The van der Waals surface area contributed by atoms with Crippen LogP contribution in [0, 0.1) is 23.0 Å². The van der Waals surface area contributed by atoms with Gasteiger partial charge in [-0.25, -0.2) is 8.78 Å². The topological polar surface area (TPSA) is 40.9 Å². The van der Waals surface area contributed by atoms with Gasteiger partial charge in [0.1, 0.15) is 5.41 Å². The number of ketones is 1. The second-order valence-corrected chi connectivity index (χ2v) is 4.86. The van der Waals surface area contributed by atoms with Crippen molar-refractivity contribution < 1.29 is 13.6 Å². The Hall–Kier alpha value is -2.54. The molecule has 0 heterocycles. The number of carbonyl (C=O) groups excluding carboxylic acids is 1. The largest absolute Gasteiger partial charge is 0.298 e. The van der Waals surface area contributed by atoms with Crippen LogP contribution < -0.4 is 0 Å². The molecule has 2 aromatic rings. The molecule has 2 nitrogen and oxygen atoms in total. The van der Waals surface area contributed by atoms with Crippen LogP contribution in [-0.2, 0) is 16.6 Å². The van der Waals surface area contributed by atoms with Gasteiger partial charge in [0.25, 0.3) is 0 Å². The van der Waals surface area contributed by atoms with Crippen LogP contribution in [0.15, 0.2) is 48.5 Å². The molecule has 1 atom stereocenters. The molecule has 0 saturated carbocycles. The quantitative estimate of drug-likeness (QED) is 0.861. The summed E-state index contributed by atoms with van der Waals surface area (Å²) < 4.78 is 26.3. The summed E-state index contributed by atoms with van der Waals surface area (Å²) in [5.74, 6) is -2.28. The van der Waals surface area contributed by atoms with Gasteiger partial charge in [-0.2, -0.15) is 5.26 Å². The average Bonchev–Trinajstić information content (AvgIpc) is 2.49. The fourth-order valence-corrected chi connectivity index (χ4v) is 2.29. The van der Waals surface area contributed by atoms with E-state index in [-0.39, 0.29) is 12.2 Å². The first-order valence-corrected chi connectivity index (χ1v) is 6.41. The van der Waals surface area contributed by atoms with Crippen LogP contribution in [0.4, 0.5) is 8.78 Å². The minimum Gasteiger partial charge on any atom is -0.298 e. The molecule has 4 heteroatoms. The Kier molecular flexibility index (Phi) is 4.13. The molecular formula is C17H13F2NO. The fraction of sp³-hybridized carbons (Fsp3) is 0.176. The summed E-state index contributed by atoms with van der Waals surface area (Å²) in [6, 6.07) is 14.1. The Labute approximate surface area is 121 Å². The van der Waals surface area contributed by atoms with Crippen LogP contribution >= 0.6 is 0 Å². The predicted molar refractivity (Wildman–Crippen MR) is 74.5 cm³/mol. The Balaban J connectivity index is 2.49. The van der Waals surface area contributed by atoms with Gasteiger partial charge in [0.15, 0.2) is 17.4 Å². The van der Waals surface area contributed by atoms with E-state index in [2.05, 4.69) is 0 Å². The number of carbonyl (C=O) groups is 1. The molecule has 0 spiro atoms. The van der Waals surface area contributed by atoms with E-state index < -0.39 is 17.0 Å². The third-order valence-electron chi connectivity index (χ3n) is 3.51. The molecular weight excluding hydrogens is 272 g/mol. The molecule has 0 fully saturated rings. The van der Waals surface area contributed by atoms with Crippen molar-refractivity contribution in [1.29, 1.82) is 5.26 Å². The molecule has 0 radical (unpaired) electrons. The number of nitriles is 1. The number of benzene rings is 2. The van der Waals surface area contributed by atoms with Gasteiger partial charge in [-0.3, -0.25) is 4.79 Å². The molecule has 0 aromatic heterocycles. The van der Waals surface area contributed by atoms with Crippen LogP contribution in [0.25, 0.3) is 0 Å². The second-order valence-electron chi connectivity index (χ2n) is 4.86. The summed E-state index contributed by atoms with van der Waals surface area (Å²) in [4.78, 5) is 12.1. The first kappa shape index (κ1) is 14.9. The molecule has 0 amide bonds. The number of halogens is 2. The molecule has 0 aliphatic heterocycles. The van der Waals surface area contributed by atoms with Crippen molar-refractivity contribution in [2.75, 3.05) is 0 Å². The van der Waals surface area contributed by atoms with Crippen LogP contribution in [0.3, 0.4) is 0 Å². The van der Waals surface area contributed by atoms with Crippen molar-refractivity contribution in [3.63, 3.8) is 0 Å². The lowest BCUT2D eigenvalue weighted by Gasteiger charge is -2.24. The standard InChI is InChI=1S/C17H13F2NO/c1-12(21)17(11-20,14-5-3-2-4-6-14)10-13-7-8-15(18)16(19)9-13/h2-9H,10H2,1H3. The minimum absolute atomic E-state index is 0.0000463. The van der Waals surface area contributed by atoms with Crippen LogP contribution in [0.2, 0.25) is 0 Å². The number of rotatable bonds is 4.